The zero-order valence-electron chi connectivity index (χ0n) is 14.4. The van der Waals surface area contributed by atoms with Crippen LogP contribution in [-0.2, 0) is 4.74 Å². The Labute approximate surface area is 147 Å². The van der Waals surface area contributed by atoms with E-state index >= 15 is 0 Å². The van der Waals surface area contributed by atoms with E-state index in [4.69, 9.17) is 9.47 Å². The molecule has 2 fully saturated rings. The first kappa shape index (κ1) is 17.7. The topological polar surface area (TPSA) is 62.2 Å². The normalized spacial score (nSPS) is 25.7. The fourth-order valence-corrected chi connectivity index (χ4v) is 4.43. The molecule has 0 aliphatic carbocycles. The molecular weight excluding hydrogens is 328 g/mol. The van der Waals surface area contributed by atoms with Crippen molar-refractivity contribution in [1.82, 2.24) is 9.80 Å². The Kier molecular flexibility index (Phi) is 5.44. The second-order valence-electron chi connectivity index (χ2n) is 6.74. The molecule has 1 aromatic rings. The highest BCUT2D eigenvalue weighted by molar-refractivity contribution is 7.14. The summed E-state index contributed by atoms with van der Waals surface area (Å²) in [4.78, 5) is 18.5. The Balaban J connectivity index is 1.75. The smallest absolute Gasteiger partial charge is 0.267 e. The van der Waals surface area contributed by atoms with Crippen molar-refractivity contribution >= 4 is 17.2 Å². The van der Waals surface area contributed by atoms with Gasteiger partial charge in [0.15, 0.2) is 0 Å². The lowest BCUT2D eigenvalue weighted by atomic mass is 10.0. The molecule has 0 bridgehead atoms. The number of nitrogens with zero attached hydrogens (tertiary/aromatic N) is 2. The molecule has 2 aliphatic rings. The number of ether oxygens (including phenoxy) is 2. The van der Waals surface area contributed by atoms with E-state index in [0.29, 0.717) is 36.9 Å². The van der Waals surface area contributed by atoms with Crippen LogP contribution in [0.25, 0.3) is 0 Å². The molecule has 0 saturated carbocycles. The van der Waals surface area contributed by atoms with E-state index in [0.717, 1.165) is 18.0 Å². The maximum atomic E-state index is 12.9. The lowest BCUT2D eigenvalue weighted by molar-refractivity contribution is -0.0524. The predicted octanol–water partition coefficient (Wildman–Crippen LogP) is 1.36. The number of rotatable bonds is 4. The largest absolute Gasteiger partial charge is 0.495 e. The average molecular weight is 354 g/mol. The summed E-state index contributed by atoms with van der Waals surface area (Å²) >= 11 is 1.43. The molecule has 2 aliphatic heterocycles. The Hall–Kier alpha value is -1.15. The quantitative estimate of drug-likeness (QED) is 0.885. The molecule has 134 valence electrons. The van der Waals surface area contributed by atoms with Gasteiger partial charge in [-0.3, -0.25) is 4.79 Å². The van der Waals surface area contributed by atoms with Crippen LogP contribution in [0.2, 0.25) is 0 Å². The van der Waals surface area contributed by atoms with Gasteiger partial charge in [0.25, 0.3) is 5.91 Å². The van der Waals surface area contributed by atoms with Crippen molar-refractivity contribution in [2.24, 2.45) is 0 Å². The van der Waals surface area contributed by atoms with Crippen LogP contribution >= 0.6 is 11.3 Å². The molecule has 0 aromatic carbocycles. The van der Waals surface area contributed by atoms with E-state index in [9.17, 15) is 9.90 Å². The summed E-state index contributed by atoms with van der Waals surface area (Å²) in [5, 5.41) is 11.0. The Bertz CT molecular complexity index is 585. The highest BCUT2D eigenvalue weighted by atomic mass is 32.1. The van der Waals surface area contributed by atoms with Gasteiger partial charge in [0, 0.05) is 18.0 Å². The minimum Gasteiger partial charge on any atom is -0.495 e. The van der Waals surface area contributed by atoms with Crippen LogP contribution in [0.3, 0.4) is 0 Å². The molecule has 1 N–H and O–H groups in total. The van der Waals surface area contributed by atoms with Gasteiger partial charge in [-0.1, -0.05) is 0 Å². The number of likely N-dealkylation sites (tertiary alicyclic amines) is 1. The van der Waals surface area contributed by atoms with Crippen LogP contribution in [0.1, 0.15) is 27.4 Å². The standard InChI is InChI=1S/C17H26N2O4S/c1-13-9-14(22-2)15(24-13)16(20)19-7-8-23-12-17(21,11-19)10-18-5-3-4-6-18/h9,21H,3-8,10-12H2,1-2H3/t17-/m0/s1. The molecular formula is C17H26N2O4S. The summed E-state index contributed by atoms with van der Waals surface area (Å²) in [6.07, 6.45) is 2.34. The number of hydrogen-bond acceptors (Lipinski definition) is 6. The van der Waals surface area contributed by atoms with E-state index in [1.807, 2.05) is 13.0 Å². The van der Waals surface area contributed by atoms with Crippen molar-refractivity contribution in [3.8, 4) is 5.75 Å². The number of β-amino-alcohol motifs (C(OH)–C–C–N with tert-alkyl or cyclic N) is 1. The molecule has 0 radical (unpaired) electrons. The van der Waals surface area contributed by atoms with Gasteiger partial charge in [-0.2, -0.15) is 0 Å². The summed E-state index contributed by atoms with van der Waals surface area (Å²) in [5.74, 6) is 0.519. The molecule has 24 heavy (non-hydrogen) atoms. The van der Waals surface area contributed by atoms with E-state index < -0.39 is 5.60 Å². The molecule has 1 aromatic heterocycles. The molecule has 1 atom stereocenters. The third-order valence-corrected chi connectivity index (χ3v) is 5.62. The van der Waals surface area contributed by atoms with E-state index in [1.54, 1.807) is 12.0 Å². The summed E-state index contributed by atoms with van der Waals surface area (Å²) in [5.41, 5.74) is -1.02. The van der Waals surface area contributed by atoms with Gasteiger partial charge < -0.3 is 24.4 Å². The summed E-state index contributed by atoms with van der Waals surface area (Å²) in [6, 6.07) is 1.88. The molecule has 3 rings (SSSR count). The molecule has 6 nitrogen and oxygen atoms in total. The van der Waals surface area contributed by atoms with Crippen LogP contribution in [0.15, 0.2) is 6.07 Å². The third kappa shape index (κ3) is 3.91. The van der Waals surface area contributed by atoms with Crippen molar-refractivity contribution in [3.05, 3.63) is 15.8 Å². The summed E-state index contributed by atoms with van der Waals surface area (Å²) < 4.78 is 10.9. The number of amides is 1. The lowest BCUT2D eigenvalue weighted by Gasteiger charge is -2.33. The summed E-state index contributed by atoms with van der Waals surface area (Å²) in [7, 11) is 1.58. The highest BCUT2D eigenvalue weighted by Crippen LogP contribution is 2.30. The van der Waals surface area contributed by atoms with E-state index in [-0.39, 0.29) is 12.5 Å². The first-order valence-electron chi connectivity index (χ1n) is 8.47. The van der Waals surface area contributed by atoms with Crippen molar-refractivity contribution in [2.75, 3.05) is 53.0 Å². The van der Waals surface area contributed by atoms with Crippen LogP contribution in [0.5, 0.6) is 5.75 Å². The number of hydrogen-bond donors (Lipinski definition) is 1. The monoisotopic (exact) mass is 354 g/mol. The molecule has 0 unspecified atom stereocenters. The minimum absolute atomic E-state index is 0.0877. The van der Waals surface area contributed by atoms with Crippen molar-refractivity contribution < 1.29 is 19.4 Å². The van der Waals surface area contributed by atoms with Crippen LogP contribution in [-0.4, -0.2) is 79.5 Å². The molecule has 2 saturated heterocycles. The van der Waals surface area contributed by atoms with E-state index in [1.165, 1.54) is 24.2 Å². The first-order chi connectivity index (χ1) is 11.5. The lowest BCUT2D eigenvalue weighted by Crippen LogP contribution is -2.52. The van der Waals surface area contributed by atoms with Gasteiger partial charge in [-0.25, -0.2) is 0 Å². The first-order valence-corrected chi connectivity index (χ1v) is 9.28. The second kappa shape index (κ2) is 7.39. The molecule has 0 spiro atoms. The minimum atomic E-state index is -1.02. The second-order valence-corrected chi connectivity index (χ2v) is 8.00. The SMILES string of the molecule is COc1cc(C)sc1C(=O)N1CCOC[C@](O)(CN2CCCC2)C1. The van der Waals surface area contributed by atoms with Gasteiger partial charge in [0.1, 0.15) is 16.2 Å². The molecule has 7 heteroatoms. The zero-order chi connectivity index (χ0) is 17.2. The number of thiophene rings is 1. The predicted molar refractivity (Wildman–Crippen MR) is 93.0 cm³/mol. The molecule has 3 heterocycles. The average Bonchev–Trinajstić information content (AvgIpc) is 3.13. The van der Waals surface area contributed by atoms with E-state index in [2.05, 4.69) is 4.90 Å². The van der Waals surface area contributed by atoms with Crippen molar-refractivity contribution in [3.63, 3.8) is 0 Å². The fraction of sp³-hybridized carbons (Fsp3) is 0.706. The zero-order valence-corrected chi connectivity index (χ0v) is 15.2. The number of aliphatic hydroxyl groups is 1. The third-order valence-electron chi connectivity index (χ3n) is 4.60. The van der Waals surface area contributed by atoms with Crippen LogP contribution < -0.4 is 4.74 Å². The van der Waals surface area contributed by atoms with Crippen molar-refractivity contribution in [1.29, 1.82) is 0 Å². The Morgan fingerprint density at radius 1 is 1.42 bits per heavy atom. The maximum Gasteiger partial charge on any atom is 0.267 e. The number of methoxy groups -OCH3 is 1. The van der Waals surface area contributed by atoms with Gasteiger partial charge in [-0.15, -0.1) is 11.3 Å². The van der Waals surface area contributed by atoms with Crippen LogP contribution in [0, 0.1) is 6.92 Å². The van der Waals surface area contributed by atoms with Gasteiger partial charge in [0.2, 0.25) is 0 Å². The summed E-state index contributed by atoms with van der Waals surface area (Å²) in [6.45, 7) is 6.03. The number of carbonyl (C=O) groups excluding carboxylic acids is 1. The maximum absolute atomic E-state index is 12.9. The van der Waals surface area contributed by atoms with Gasteiger partial charge >= 0.3 is 0 Å². The van der Waals surface area contributed by atoms with Gasteiger partial charge in [-0.05, 0) is 38.9 Å². The number of aryl methyl sites for hydroxylation is 1. The number of carbonyl (C=O) groups is 1. The Morgan fingerprint density at radius 3 is 2.88 bits per heavy atom. The van der Waals surface area contributed by atoms with Crippen LogP contribution in [0.4, 0.5) is 0 Å². The Morgan fingerprint density at radius 2 is 2.17 bits per heavy atom. The fourth-order valence-electron chi connectivity index (χ4n) is 3.48. The highest BCUT2D eigenvalue weighted by Gasteiger charge is 2.37. The van der Waals surface area contributed by atoms with Crippen molar-refractivity contribution in [2.45, 2.75) is 25.4 Å². The van der Waals surface area contributed by atoms with Gasteiger partial charge in [0.05, 0.1) is 26.9 Å². The molecule has 1 amide bonds.